The van der Waals surface area contributed by atoms with Gasteiger partial charge in [0, 0.05) is 50.2 Å². The number of likely N-dealkylation sites (tertiary alicyclic amines) is 1. The summed E-state index contributed by atoms with van der Waals surface area (Å²) in [6, 6.07) is 13.1. The van der Waals surface area contributed by atoms with Gasteiger partial charge in [-0.2, -0.15) is 0 Å². The Kier molecular flexibility index (Phi) is 6.15. The highest BCUT2D eigenvalue weighted by molar-refractivity contribution is 7.10. The Hall–Kier alpha value is -1.73. The minimum atomic E-state index is -0.0140. The molecule has 3 aliphatic heterocycles. The van der Waals surface area contributed by atoms with Crippen LogP contribution < -0.4 is 0 Å². The van der Waals surface area contributed by atoms with Crippen molar-refractivity contribution in [1.82, 2.24) is 14.7 Å². The molecule has 2 aromatic rings. The molecule has 0 aliphatic carbocycles. The number of rotatable bonds is 5. The van der Waals surface area contributed by atoms with Crippen molar-refractivity contribution in [3.05, 3.63) is 57.8 Å². The summed E-state index contributed by atoms with van der Waals surface area (Å²) in [5, 5.41) is 2.20. The number of piperidine rings is 1. The second-order valence-corrected chi connectivity index (χ2v) is 10.4. The maximum absolute atomic E-state index is 13.1. The molecule has 1 spiro atoms. The summed E-state index contributed by atoms with van der Waals surface area (Å²) in [4.78, 5) is 21.8. The van der Waals surface area contributed by atoms with Gasteiger partial charge in [-0.3, -0.25) is 14.6 Å². The first-order valence-electron chi connectivity index (χ1n) is 11.5. The van der Waals surface area contributed by atoms with E-state index in [0.717, 1.165) is 58.7 Å². The second-order valence-electron chi connectivity index (χ2n) is 9.42. The molecule has 0 radical (unpaired) electrons. The lowest BCUT2D eigenvalue weighted by Gasteiger charge is -2.52. The van der Waals surface area contributed by atoms with Gasteiger partial charge >= 0.3 is 0 Å². The zero-order valence-corrected chi connectivity index (χ0v) is 19.3. The van der Waals surface area contributed by atoms with E-state index < -0.39 is 0 Å². The van der Waals surface area contributed by atoms with Gasteiger partial charge in [0.25, 0.3) is 0 Å². The van der Waals surface area contributed by atoms with E-state index in [1.165, 1.54) is 16.0 Å². The molecule has 0 bridgehead atoms. The van der Waals surface area contributed by atoms with Gasteiger partial charge in [0.05, 0.1) is 18.7 Å². The summed E-state index contributed by atoms with van der Waals surface area (Å²) in [6.45, 7) is 9.07. The molecule has 0 saturated carbocycles. The van der Waals surface area contributed by atoms with Crippen molar-refractivity contribution >= 4 is 17.2 Å². The van der Waals surface area contributed by atoms with Crippen LogP contribution in [0.4, 0.5) is 0 Å². The van der Waals surface area contributed by atoms with E-state index in [1.807, 2.05) is 17.4 Å². The minimum Gasteiger partial charge on any atom is -0.379 e. The van der Waals surface area contributed by atoms with Crippen LogP contribution in [0.1, 0.15) is 35.3 Å². The van der Waals surface area contributed by atoms with Crippen LogP contribution in [0.2, 0.25) is 0 Å². The van der Waals surface area contributed by atoms with Gasteiger partial charge in [-0.25, -0.2) is 0 Å². The van der Waals surface area contributed by atoms with E-state index in [4.69, 9.17) is 4.74 Å². The third kappa shape index (κ3) is 4.44. The van der Waals surface area contributed by atoms with Crippen LogP contribution in [0.3, 0.4) is 0 Å². The van der Waals surface area contributed by atoms with Crippen LogP contribution in [0, 0.1) is 6.92 Å². The molecular weight excluding hydrogens is 406 g/mol. The van der Waals surface area contributed by atoms with E-state index in [2.05, 4.69) is 57.3 Å². The Morgan fingerprint density at radius 3 is 2.61 bits per heavy atom. The van der Waals surface area contributed by atoms with Crippen molar-refractivity contribution in [3.8, 4) is 0 Å². The van der Waals surface area contributed by atoms with E-state index in [9.17, 15) is 4.79 Å². The van der Waals surface area contributed by atoms with E-state index in [1.54, 1.807) is 0 Å². The number of nitrogens with zero attached hydrogens (tertiary/aromatic N) is 3. The number of benzene rings is 1. The van der Waals surface area contributed by atoms with Gasteiger partial charge in [-0.1, -0.05) is 30.3 Å². The highest BCUT2D eigenvalue weighted by Gasteiger charge is 2.49. The summed E-state index contributed by atoms with van der Waals surface area (Å²) in [5.74, 6) is 0.262. The highest BCUT2D eigenvalue weighted by atomic mass is 32.1. The molecule has 3 aliphatic rings. The number of ether oxygens (including phenoxy) is 1. The molecule has 3 saturated heterocycles. The SMILES string of the molecule is Cc1ccsc1CN1CCC(N2CC(=O)N(Cc3ccccc3)CC23CCOC3)CC1. The molecule has 1 aromatic carbocycles. The van der Waals surface area contributed by atoms with E-state index >= 15 is 0 Å². The molecule has 5 rings (SSSR count). The lowest BCUT2D eigenvalue weighted by atomic mass is 9.88. The average molecular weight is 440 g/mol. The Bertz CT molecular complexity index is 885. The number of piperazine rings is 1. The number of aryl methyl sites for hydroxylation is 1. The van der Waals surface area contributed by atoms with Crippen molar-refractivity contribution < 1.29 is 9.53 Å². The molecule has 31 heavy (non-hydrogen) atoms. The fourth-order valence-electron chi connectivity index (χ4n) is 5.52. The second kappa shape index (κ2) is 9.02. The standard InChI is InChI=1S/C25H33N3O2S/c1-20-9-14-31-23(20)16-26-11-7-22(8-12-26)28-17-24(29)27(15-21-5-3-2-4-6-21)18-25(28)10-13-30-19-25/h2-6,9,14,22H,7-8,10-13,15-19H2,1H3. The van der Waals surface area contributed by atoms with Gasteiger partial charge < -0.3 is 9.64 Å². The third-order valence-electron chi connectivity index (χ3n) is 7.38. The summed E-state index contributed by atoms with van der Waals surface area (Å²) < 4.78 is 5.91. The van der Waals surface area contributed by atoms with Gasteiger partial charge in [-0.05, 0) is 48.8 Å². The number of carbonyl (C=O) groups is 1. The van der Waals surface area contributed by atoms with Crippen LogP contribution in [-0.4, -0.2) is 71.6 Å². The molecule has 166 valence electrons. The van der Waals surface area contributed by atoms with Crippen LogP contribution in [-0.2, 0) is 22.6 Å². The molecule has 0 N–H and O–H groups in total. The van der Waals surface area contributed by atoms with Crippen LogP contribution in [0.5, 0.6) is 0 Å². The largest absolute Gasteiger partial charge is 0.379 e. The molecular formula is C25H33N3O2S. The third-order valence-corrected chi connectivity index (χ3v) is 8.39. The monoisotopic (exact) mass is 439 g/mol. The van der Waals surface area contributed by atoms with Gasteiger partial charge in [0.15, 0.2) is 0 Å². The topological polar surface area (TPSA) is 36.0 Å². The first kappa shape index (κ1) is 21.1. The van der Waals surface area contributed by atoms with Crippen molar-refractivity contribution in [2.75, 3.05) is 39.4 Å². The average Bonchev–Trinajstić information content (AvgIpc) is 3.42. The lowest BCUT2D eigenvalue weighted by molar-refractivity contribution is -0.148. The van der Waals surface area contributed by atoms with Crippen LogP contribution >= 0.6 is 11.3 Å². The fourth-order valence-corrected chi connectivity index (χ4v) is 6.47. The number of thiophene rings is 1. The summed E-state index contributed by atoms with van der Waals surface area (Å²) in [6.07, 6.45) is 3.30. The zero-order valence-electron chi connectivity index (χ0n) is 18.5. The van der Waals surface area contributed by atoms with Crippen molar-refractivity contribution in [3.63, 3.8) is 0 Å². The molecule has 1 unspecified atom stereocenters. The Morgan fingerprint density at radius 1 is 1.13 bits per heavy atom. The smallest absolute Gasteiger partial charge is 0.237 e. The van der Waals surface area contributed by atoms with Crippen molar-refractivity contribution in [1.29, 1.82) is 0 Å². The van der Waals surface area contributed by atoms with Crippen molar-refractivity contribution in [2.24, 2.45) is 0 Å². The molecule has 4 heterocycles. The predicted molar refractivity (Wildman–Crippen MR) is 124 cm³/mol. The zero-order chi connectivity index (χ0) is 21.3. The summed E-state index contributed by atoms with van der Waals surface area (Å²) in [5.41, 5.74) is 2.60. The van der Waals surface area contributed by atoms with Crippen LogP contribution in [0.25, 0.3) is 0 Å². The molecule has 6 heteroatoms. The normalized spacial score (nSPS) is 26.2. The van der Waals surface area contributed by atoms with Crippen LogP contribution in [0.15, 0.2) is 41.8 Å². The number of hydrogen-bond acceptors (Lipinski definition) is 5. The summed E-state index contributed by atoms with van der Waals surface area (Å²) in [7, 11) is 0. The quantitative estimate of drug-likeness (QED) is 0.714. The van der Waals surface area contributed by atoms with E-state index in [-0.39, 0.29) is 11.4 Å². The maximum Gasteiger partial charge on any atom is 0.237 e. The number of hydrogen-bond donors (Lipinski definition) is 0. The lowest BCUT2D eigenvalue weighted by Crippen LogP contribution is -2.68. The van der Waals surface area contributed by atoms with Gasteiger partial charge in [-0.15, -0.1) is 11.3 Å². The number of amides is 1. The summed E-state index contributed by atoms with van der Waals surface area (Å²) >= 11 is 1.87. The first-order chi connectivity index (χ1) is 15.1. The molecule has 5 nitrogen and oxygen atoms in total. The first-order valence-corrected chi connectivity index (χ1v) is 12.4. The molecule has 1 aromatic heterocycles. The Morgan fingerprint density at radius 2 is 1.94 bits per heavy atom. The maximum atomic E-state index is 13.1. The van der Waals surface area contributed by atoms with E-state index in [0.29, 0.717) is 19.1 Å². The minimum absolute atomic E-state index is 0.0140. The van der Waals surface area contributed by atoms with Crippen molar-refractivity contribution in [2.45, 2.75) is 50.9 Å². The molecule has 1 atom stereocenters. The Balaban J connectivity index is 1.25. The predicted octanol–water partition coefficient (Wildman–Crippen LogP) is 3.52. The van der Waals surface area contributed by atoms with Gasteiger partial charge in [0.2, 0.25) is 5.91 Å². The Labute approximate surface area is 189 Å². The highest BCUT2D eigenvalue weighted by Crippen LogP contribution is 2.36. The molecule has 3 fully saturated rings. The van der Waals surface area contributed by atoms with Gasteiger partial charge in [0.1, 0.15) is 0 Å². The fraction of sp³-hybridized carbons (Fsp3) is 0.560. The number of carbonyl (C=O) groups excluding carboxylic acids is 1. The molecule has 1 amide bonds.